The van der Waals surface area contributed by atoms with E-state index in [2.05, 4.69) is 10.4 Å². The number of hydrogen-bond donors (Lipinski definition) is 1. The Kier molecular flexibility index (Phi) is 5.26. The molecule has 0 saturated carbocycles. The first-order valence-corrected chi connectivity index (χ1v) is 10.8. The van der Waals surface area contributed by atoms with Crippen LogP contribution in [-0.4, -0.2) is 40.4 Å². The van der Waals surface area contributed by atoms with E-state index in [1.54, 1.807) is 29.2 Å². The summed E-state index contributed by atoms with van der Waals surface area (Å²) in [4.78, 5) is 15.1. The number of ether oxygens (including phenoxy) is 1. The molecule has 5 rings (SSSR count). The Morgan fingerprint density at radius 1 is 1.12 bits per heavy atom. The van der Waals surface area contributed by atoms with Gasteiger partial charge < -0.3 is 15.0 Å². The van der Waals surface area contributed by atoms with Crippen LogP contribution in [0.25, 0.3) is 0 Å². The largest absolute Gasteiger partial charge is 0.496 e. The second-order valence-corrected chi connectivity index (χ2v) is 8.33. The zero-order valence-electron chi connectivity index (χ0n) is 18.0. The molecule has 3 aromatic rings. The van der Waals surface area contributed by atoms with Crippen molar-refractivity contribution in [1.29, 1.82) is 0 Å². The van der Waals surface area contributed by atoms with Crippen molar-refractivity contribution in [3.8, 4) is 5.75 Å². The van der Waals surface area contributed by atoms with E-state index < -0.39 is 18.3 Å². The maximum absolute atomic E-state index is 14.0. The molecule has 172 valence electrons. The van der Waals surface area contributed by atoms with Crippen molar-refractivity contribution >= 4 is 11.7 Å². The predicted molar refractivity (Wildman–Crippen MR) is 116 cm³/mol. The molecule has 1 N–H and O–H groups in total. The molecule has 0 radical (unpaired) electrons. The molecule has 2 atom stereocenters. The highest BCUT2D eigenvalue weighted by Gasteiger charge is 2.48. The highest BCUT2D eigenvalue weighted by Crippen LogP contribution is 2.46. The van der Waals surface area contributed by atoms with Crippen LogP contribution in [0, 0.1) is 0 Å². The third kappa shape index (κ3) is 3.81. The van der Waals surface area contributed by atoms with Gasteiger partial charge in [0, 0.05) is 25.1 Å². The Balaban J connectivity index is 1.50. The monoisotopic (exact) mass is 456 g/mol. The molecule has 2 aliphatic rings. The summed E-state index contributed by atoms with van der Waals surface area (Å²) in [6.45, 7) is 0.914. The van der Waals surface area contributed by atoms with E-state index >= 15 is 0 Å². The first-order valence-electron chi connectivity index (χ1n) is 10.8. The van der Waals surface area contributed by atoms with E-state index in [9.17, 15) is 18.0 Å². The van der Waals surface area contributed by atoms with Gasteiger partial charge in [-0.2, -0.15) is 18.3 Å². The van der Waals surface area contributed by atoms with E-state index in [0.29, 0.717) is 30.8 Å². The third-order valence-electron chi connectivity index (χ3n) is 6.40. The van der Waals surface area contributed by atoms with E-state index in [-0.39, 0.29) is 23.7 Å². The van der Waals surface area contributed by atoms with Crippen molar-refractivity contribution in [1.82, 2.24) is 14.7 Å². The molecule has 0 saturated heterocycles. The van der Waals surface area contributed by atoms with E-state index in [1.807, 2.05) is 24.3 Å². The average Bonchev–Trinajstić information content (AvgIpc) is 3.25. The number of nitrogens with zero attached hydrogens (tertiary/aromatic N) is 3. The number of benzene rings is 2. The SMILES string of the molecule is COc1ccccc1[C@@H]1C[C@H](C(F)(F)F)n2ncc(C(=O)N3CCc4ccccc4C3)c2N1. The van der Waals surface area contributed by atoms with Gasteiger partial charge in [0.1, 0.15) is 17.1 Å². The summed E-state index contributed by atoms with van der Waals surface area (Å²) in [5.41, 5.74) is 2.98. The maximum atomic E-state index is 14.0. The minimum atomic E-state index is -4.52. The highest BCUT2D eigenvalue weighted by atomic mass is 19.4. The number of para-hydroxylation sites is 1. The lowest BCUT2D eigenvalue weighted by Crippen LogP contribution is -2.38. The van der Waals surface area contributed by atoms with Gasteiger partial charge in [-0.05, 0) is 23.6 Å². The molecule has 0 aliphatic carbocycles. The lowest BCUT2D eigenvalue weighted by atomic mass is 9.95. The lowest BCUT2D eigenvalue weighted by Gasteiger charge is -2.35. The number of carbonyl (C=O) groups excluding carboxylic acids is 1. The van der Waals surface area contributed by atoms with Gasteiger partial charge in [-0.25, -0.2) is 4.68 Å². The van der Waals surface area contributed by atoms with Crippen LogP contribution in [0.3, 0.4) is 0 Å². The normalized spacial score (nSPS) is 19.9. The van der Waals surface area contributed by atoms with Crippen molar-refractivity contribution in [3.63, 3.8) is 0 Å². The quantitative estimate of drug-likeness (QED) is 0.618. The molecule has 6 nitrogen and oxygen atoms in total. The number of hydrogen-bond acceptors (Lipinski definition) is 4. The molecule has 0 unspecified atom stereocenters. The van der Waals surface area contributed by atoms with Crippen molar-refractivity contribution in [2.45, 2.75) is 37.6 Å². The first kappa shape index (κ1) is 21.4. The fraction of sp³-hybridized carbons (Fsp3) is 0.333. The number of aromatic nitrogens is 2. The molecule has 0 fully saturated rings. The number of carbonyl (C=O) groups is 1. The van der Waals surface area contributed by atoms with Gasteiger partial charge in [0.05, 0.1) is 19.3 Å². The third-order valence-corrected chi connectivity index (χ3v) is 6.40. The molecule has 33 heavy (non-hydrogen) atoms. The summed E-state index contributed by atoms with van der Waals surface area (Å²) in [6, 6.07) is 12.3. The number of amides is 1. The molecule has 2 aromatic carbocycles. The second-order valence-electron chi connectivity index (χ2n) is 8.33. The summed E-state index contributed by atoms with van der Waals surface area (Å²) < 4.78 is 48.3. The Labute approximate surface area is 189 Å². The second kappa shape index (κ2) is 8.13. The van der Waals surface area contributed by atoms with Gasteiger partial charge in [-0.15, -0.1) is 0 Å². The van der Waals surface area contributed by atoms with Crippen molar-refractivity contribution < 1.29 is 22.7 Å². The molecular weight excluding hydrogens is 433 g/mol. The Hall–Kier alpha value is -3.49. The average molecular weight is 456 g/mol. The van der Waals surface area contributed by atoms with Gasteiger partial charge in [0.25, 0.3) is 5.91 Å². The molecule has 1 aromatic heterocycles. The standard InChI is InChI=1S/C24H23F3N4O2/c1-33-20-9-5-4-8-17(20)19-12-21(24(25,26)27)31-22(29-19)18(13-28-31)23(32)30-11-10-15-6-2-3-7-16(15)14-30/h2-9,13,19,21,29H,10-12,14H2,1H3/t19-,21+/m0/s1. The molecule has 9 heteroatoms. The van der Waals surface area contributed by atoms with Crippen molar-refractivity contribution in [2.75, 3.05) is 19.0 Å². The van der Waals surface area contributed by atoms with Crippen LogP contribution < -0.4 is 10.1 Å². The minimum Gasteiger partial charge on any atom is -0.496 e. The summed E-state index contributed by atoms with van der Waals surface area (Å²) >= 11 is 0. The van der Waals surface area contributed by atoms with Gasteiger partial charge in [-0.3, -0.25) is 4.79 Å². The lowest BCUT2D eigenvalue weighted by molar-refractivity contribution is -0.173. The fourth-order valence-electron chi connectivity index (χ4n) is 4.72. The first-order chi connectivity index (χ1) is 15.9. The molecule has 0 bridgehead atoms. The fourth-order valence-corrected chi connectivity index (χ4v) is 4.72. The van der Waals surface area contributed by atoms with Gasteiger partial charge >= 0.3 is 6.18 Å². The Bertz CT molecular complexity index is 1190. The van der Waals surface area contributed by atoms with Gasteiger partial charge in [-0.1, -0.05) is 42.5 Å². The highest BCUT2D eigenvalue weighted by molar-refractivity contribution is 5.99. The summed E-state index contributed by atoms with van der Waals surface area (Å²) in [6.07, 6.45) is -2.83. The zero-order chi connectivity index (χ0) is 23.2. The number of halogens is 3. The predicted octanol–water partition coefficient (Wildman–Crippen LogP) is 4.75. The number of rotatable bonds is 3. The number of alkyl halides is 3. The molecule has 1 amide bonds. The summed E-state index contributed by atoms with van der Waals surface area (Å²) in [5, 5.41) is 7.14. The number of methoxy groups -OCH3 is 1. The van der Waals surface area contributed by atoms with E-state index in [0.717, 1.165) is 10.2 Å². The minimum absolute atomic E-state index is 0.0864. The van der Waals surface area contributed by atoms with E-state index in [1.165, 1.54) is 18.9 Å². The number of fused-ring (bicyclic) bond motifs is 2. The van der Waals surface area contributed by atoms with Gasteiger partial charge in [0.15, 0.2) is 6.04 Å². The summed E-state index contributed by atoms with van der Waals surface area (Å²) in [7, 11) is 1.48. The van der Waals surface area contributed by atoms with Crippen LogP contribution in [0.5, 0.6) is 5.75 Å². The maximum Gasteiger partial charge on any atom is 0.410 e. The molecule has 2 aliphatic heterocycles. The Morgan fingerprint density at radius 3 is 2.61 bits per heavy atom. The Morgan fingerprint density at radius 2 is 1.85 bits per heavy atom. The van der Waals surface area contributed by atoms with Crippen molar-refractivity contribution in [2.24, 2.45) is 0 Å². The van der Waals surface area contributed by atoms with Crippen LogP contribution in [0.2, 0.25) is 0 Å². The number of anilines is 1. The van der Waals surface area contributed by atoms with Crippen LogP contribution in [-0.2, 0) is 13.0 Å². The van der Waals surface area contributed by atoms with Crippen molar-refractivity contribution in [3.05, 3.63) is 77.0 Å². The zero-order valence-corrected chi connectivity index (χ0v) is 18.0. The van der Waals surface area contributed by atoms with E-state index in [4.69, 9.17) is 4.74 Å². The van der Waals surface area contributed by atoms with Crippen LogP contribution >= 0.6 is 0 Å². The van der Waals surface area contributed by atoms with Crippen LogP contribution in [0.4, 0.5) is 19.0 Å². The smallest absolute Gasteiger partial charge is 0.410 e. The number of nitrogens with one attached hydrogen (secondary N) is 1. The van der Waals surface area contributed by atoms with Gasteiger partial charge in [0.2, 0.25) is 0 Å². The molecule has 3 heterocycles. The molecule has 0 spiro atoms. The molecular formula is C24H23F3N4O2. The topological polar surface area (TPSA) is 59.4 Å². The van der Waals surface area contributed by atoms with Crippen LogP contribution in [0.1, 0.15) is 45.6 Å². The van der Waals surface area contributed by atoms with Crippen LogP contribution in [0.15, 0.2) is 54.7 Å². The summed E-state index contributed by atoms with van der Waals surface area (Å²) in [5.74, 6) is 0.243.